The summed E-state index contributed by atoms with van der Waals surface area (Å²) >= 11 is 5.75. The molecule has 0 saturated heterocycles. The van der Waals surface area contributed by atoms with E-state index >= 15 is 0 Å². The first-order valence-electron chi connectivity index (χ1n) is 5.90. The lowest BCUT2D eigenvalue weighted by atomic mass is 10.2. The molecule has 0 aliphatic heterocycles. The quantitative estimate of drug-likeness (QED) is 0.832. The highest BCUT2D eigenvalue weighted by Crippen LogP contribution is 2.16. The third-order valence-corrected chi connectivity index (χ3v) is 2.81. The Labute approximate surface area is 112 Å². The van der Waals surface area contributed by atoms with Crippen molar-refractivity contribution in [2.45, 2.75) is 32.4 Å². The lowest BCUT2D eigenvalue weighted by Gasteiger charge is -2.19. The van der Waals surface area contributed by atoms with Crippen LogP contribution in [0.15, 0.2) is 24.3 Å². The Balaban J connectivity index is 2.51. The summed E-state index contributed by atoms with van der Waals surface area (Å²) in [5, 5.41) is 12.3. The van der Waals surface area contributed by atoms with Gasteiger partial charge in [0.05, 0.1) is 12.6 Å². The van der Waals surface area contributed by atoms with Crippen LogP contribution in [0, 0.1) is 0 Å². The predicted octanol–water partition coefficient (Wildman–Crippen LogP) is 1.99. The van der Waals surface area contributed by atoms with Gasteiger partial charge in [0, 0.05) is 5.02 Å². The van der Waals surface area contributed by atoms with Crippen molar-refractivity contribution in [1.29, 1.82) is 0 Å². The molecule has 1 unspecified atom stereocenters. The van der Waals surface area contributed by atoms with Gasteiger partial charge in [0.25, 0.3) is 5.91 Å². The second-order valence-electron chi connectivity index (χ2n) is 4.01. The van der Waals surface area contributed by atoms with E-state index in [1.54, 1.807) is 31.2 Å². The van der Waals surface area contributed by atoms with Gasteiger partial charge in [0.2, 0.25) is 0 Å². The Kier molecular flexibility index (Phi) is 5.95. The van der Waals surface area contributed by atoms with E-state index < -0.39 is 6.10 Å². The highest BCUT2D eigenvalue weighted by Gasteiger charge is 2.17. The summed E-state index contributed by atoms with van der Waals surface area (Å²) in [6.07, 6.45) is 0.0578. The van der Waals surface area contributed by atoms with Crippen molar-refractivity contribution in [2.75, 3.05) is 6.61 Å². The molecular weight excluding hydrogens is 254 g/mol. The number of hydrogen-bond acceptors (Lipinski definition) is 3. The van der Waals surface area contributed by atoms with E-state index in [1.807, 2.05) is 6.92 Å². The number of halogens is 1. The number of ether oxygens (including phenoxy) is 1. The molecule has 0 heterocycles. The fourth-order valence-corrected chi connectivity index (χ4v) is 1.49. The molecule has 0 bridgehead atoms. The van der Waals surface area contributed by atoms with Gasteiger partial charge in [0.1, 0.15) is 5.75 Å². The van der Waals surface area contributed by atoms with Crippen LogP contribution in [0.3, 0.4) is 0 Å². The van der Waals surface area contributed by atoms with E-state index in [1.165, 1.54) is 0 Å². The number of nitrogens with one attached hydrogen (secondary N) is 1. The van der Waals surface area contributed by atoms with E-state index in [-0.39, 0.29) is 18.6 Å². The van der Waals surface area contributed by atoms with Gasteiger partial charge in [-0.1, -0.05) is 18.5 Å². The van der Waals surface area contributed by atoms with Gasteiger partial charge in [-0.05, 0) is 37.6 Å². The maximum atomic E-state index is 11.8. The molecule has 0 fully saturated rings. The molecule has 0 radical (unpaired) electrons. The van der Waals surface area contributed by atoms with E-state index in [0.717, 1.165) is 0 Å². The number of hydrogen-bond donors (Lipinski definition) is 2. The Bertz CT molecular complexity index is 376. The van der Waals surface area contributed by atoms with Gasteiger partial charge >= 0.3 is 0 Å². The summed E-state index contributed by atoms with van der Waals surface area (Å²) in [4.78, 5) is 11.8. The van der Waals surface area contributed by atoms with Crippen molar-refractivity contribution in [2.24, 2.45) is 0 Å². The third-order valence-electron chi connectivity index (χ3n) is 2.56. The summed E-state index contributed by atoms with van der Waals surface area (Å²) < 4.78 is 5.47. The standard InChI is InChI=1S/C13H18ClNO3/c1-3-11(8-16)15-13(17)9(2)18-12-6-4-10(14)5-7-12/h4-7,9,11,16H,3,8H2,1-2H3,(H,15,17)/t9?,11-/m1/s1. The van der Waals surface area contributed by atoms with Crippen LogP contribution in [0.25, 0.3) is 0 Å². The zero-order valence-electron chi connectivity index (χ0n) is 10.5. The average Bonchev–Trinajstić information content (AvgIpc) is 2.38. The number of carbonyl (C=O) groups excluding carboxylic acids is 1. The molecule has 1 rings (SSSR count). The normalized spacial score (nSPS) is 13.8. The molecule has 0 saturated carbocycles. The summed E-state index contributed by atoms with van der Waals surface area (Å²) in [7, 11) is 0. The zero-order valence-corrected chi connectivity index (χ0v) is 11.3. The maximum absolute atomic E-state index is 11.8. The molecule has 1 amide bonds. The molecule has 5 heteroatoms. The first-order valence-corrected chi connectivity index (χ1v) is 6.28. The zero-order chi connectivity index (χ0) is 13.5. The molecule has 4 nitrogen and oxygen atoms in total. The van der Waals surface area contributed by atoms with Crippen molar-refractivity contribution in [3.8, 4) is 5.75 Å². The van der Waals surface area contributed by atoms with Crippen LogP contribution in [0.2, 0.25) is 5.02 Å². The largest absolute Gasteiger partial charge is 0.481 e. The van der Waals surface area contributed by atoms with Gasteiger partial charge in [-0.15, -0.1) is 0 Å². The topological polar surface area (TPSA) is 58.6 Å². The van der Waals surface area contributed by atoms with Crippen molar-refractivity contribution < 1.29 is 14.6 Å². The van der Waals surface area contributed by atoms with Crippen molar-refractivity contribution in [3.05, 3.63) is 29.3 Å². The molecule has 2 atom stereocenters. The van der Waals surface area contributed by atoms with E-state index in [0.29, 0.717) is 17.2 Å². The summed E-state index contributed by atoms with van der Waals surface area (Å²) in [5.74, 6) is 0.338. The van der Waals surface area contributed by atoms with Crippen molar-refractivity contribution in [3.63, 3.8) is 0 Å². The van der Waals surface area contributed by atoms with Crippen molar-refractivity contribution >= 4 is 17.5 Å². The fourth-order valence-electron chi connectivity index (χ4n) is 1.37. The number of rotatable bonds is 6. The Morgan fingerprint density at radius 3 is 2.56 bits per heavy atom. The lowest BCUT2D eigenvalue weighted by molar-refractivity contribution is -0.128. The molecule has 1 aromatic rings. The van der Waals surface area contributed by atoms with Crippen LogP contribution in [-0.2, 0) is 4.79 Å². The highest BCUT2D eigenvalue weighted by atomic mass is 35.5. The number of aliphatic hydroxyl groups is 1. The smallest absolute Gasteiger partial charge is 0.261 e. The van der Waals surface area contributed by atoms with Crippen LogP contribution < -0.4 is 10.1 Å². The molecule has 0 aliphatic carbocycles. The molecule has 0 spiro atoms. The summed E-state index contributed by atoms with van der Waals surface area (Å²) in [5.41, 5.74) is 0. The highest BCUT2D eigenvalue weighted by molar-refractivity contribution is 6.30. The Hall–Kier alpha value is -1.26. The van der Waals surface area contributed by atoms with E-state index in [9.17, 15) is 4.79 Å². The fraction of sp³-hybridized carbons (Fsp3) is 0.462. The van der Waals surface area contributed by atoms with Crippen LogP contribution >= 0.6 is 11.6 Å². The molecule has 2 N–H and O–H groups in total. The monoisotopic (exact) mass is 271 g/mol. The molecule has 18 heavy (non-hydrogen) atoms. The van der Waals surface area contributed by atoms with Gasteiger partial charge in [0.15, 0.2) is 6.10 Å². The Morgan fingerprint density at radius 1 is 1.44 bits per heavy atom. The third kappa shape index (κ3) is 4.55. The minimum Gasteiger partial charge on any atom is -0.481 e. The number of aliphatic hydroxyl groups excluding tert-OH is 1. The van der Waals surface area contributed by atoms with E-state index in [4.69, 9.17) is 21.4 Å². The SMILES string of the molecule is CC[C@H](CO)NC(=O)C(C)Oc1ccc(Cl)cc1. The average molecular weight is 272 g/mol. The lowest BCUT2D eigenvalue weighted by Crippen LogP contribution is -2.43. The van der Waals surface area contributed by atoms with Gasteiger partial charge in [-0.2, -0.15) is 0 Å². The second kappa shape index (κ2) is 7.24. The van der Waals surface area contributed by atoms with Gasteiger partial charge < -0.3 is 15.2 Å². The second-order valence-corrected chi connectivity index (χ2v) is 4.45. The van der Waals surface area contributed by atoms with Gasteiger partial charge in [-0.25, -0.2) is 0 Å². The number of benzene rings is 1. The minimum absolute atomic E-state index is 0.0735. The first kappa shape index (κ1) is 14.8. The number of carbonyl (C=O) groups is 1. The summed E-state index contributed by atoms with van der Waals surface area (Å²) in [6.45, 7) is 3.48. The first-order chi connectivity index (χ1) is 8.56. The molecular formula is C13H18ClNO3. The van der Waals surface area contributed by atoms with E-state index in [2.05, 4.69) is 5.32 Å². The molecule has 0 aliphatic rings. The van der Waals surface area contributed by atoms with Crippen molar-refractivity contribution in [1.82, 2.24) is 5.32 Å². The van der Waals surface area contributed by atoms with Crippen LogP contribution in [0.1, 0.15) is 20.3 Å². The van der Waals surface area contributed by atoms with Crippen LogP contribution in [0.4, 0.5) is 0 Å². The number of amides is 1. The molecule has 1 aromatic carbocycles. The van der Waals surface area contributed by atoms with Gasteiger partial charge in [-0.3, -0.25) is 4.79 Å². The van der Waals surface area contributed by atoms with Crippen LogP contribution in [0.5, 0.6) is 5.75 Å². The minimum atomic E-state index is -0.619. The molecule has 100 valence electrons. The maximum Gasteiger partial charge on any atom is 0.261 e. The van der Waals surface area contributed by atoms with Crippen LogP contribution in [-0.4, -0.2) is 29.8 Å². The predicted molar refractivity (Wildman–Crippen MR) is 70.8 cm³/mol. The summed E-state index contributed by atoms with van der Waals surface area (Å²) in [6, 6.07) is 6.58. The molecule has 0 aromatic heterocycles. The Morgan fingerprint density at radius 2 is 2.06 bits per heavy atom.